The van der Waals surface area contributed by atoms with E-state index in [1.54, 1.807) is 7.11 Å². The van der Waals surface area contributed by atoms with Crippen LogP contribution in [-0.2, 0) is 4.74 Å². The maximum atomic E-state index is 5.76. The second-order valence-electron chi connectivity index (χ2n) is 2.90. The second kappa shape index (κ2) is 3.60. The molecule has 0 aliphatic heterocycles. The number of ether oxygens (including phenoxy) is 1. The molecule has 1 aliphatic rings. The van der Waals surface area contributed by atoms with Crippen molar-refractivity contribution in [3.05, 3.63) is 0 Å². The van der Waals surface area contributed by atoms with Crippen LogP contribution in [0.15, 0.2) is 0 Å². The highest BCUT2D eigenvalue weighted by molar-refractivity contribution is 7.81. The Morgan fingerprint density at radius 3 is 2.70 bits per heavy atom. The number of hydrogen-bond donors (Lipinski definition) is 2. The fraction of sp³-hybridized carbons (Fsp3) is 1.00. The van der Waals surface area contributed by atoms with Crippen LogP contribution in [0.3, 0.4) is 0 Å². The predicted molar refractivity (Wildman–Crippen MR) is 45.4 cm³/mol. The lowest BCUT2D eigenvalue weighted by atomic mass is 9.93. The van der Waals surface area contributed by atoms with Gasteiger partial charge in [-0.1, -0.05) is 0 Å². The summed E-state index contributed by atoms with van der Waals surface area (Å²) in [5.74, 6) is 0. The predicted octanol–water partition coefficient (Wildman–Crippen LogP) is 0.811. The summed E-state index contributed by atoms with van der Waals surface area (Å²) in [5, 5.41) is 0.332. The van der Waals surface area contributed by atoms with Gasteiger partial charge in [0.15, 0.2) is 0 Å². The summed E-state index contributed by atoms with van der Waals surface area (Å²) < 4.78 is 5.21. The first-order valence-corrected chi connectivity index (χ1v) is 4.22. The third kappa shape index (κ3) is 1.87. The van der Waals surface area contributed by atoms with Crippen molar-refractivity contribution in [3.63, 3.8) is 0 Å². The van der Waals surface area contributed by atoms with Crippen molar-refractivity contribution in [1.29, 1.82) is 0 Å². The van der Waals surface area contributed by atoms with Crippen LogP contribution in [0.4, 0.5) is 0 Å². The molecule has 3 unspecified atom stereocenters. The molecule has 1 saturated carbocycles. The van der Waals surface area contributed by atoms with Gasteiger partial charge in [-0.2, -0.15) is 12.6 Å². The Labute approximate surface area is 67.5 Å². The molecule has 0 spiro atoms. The summed E-state index contributed by atoms with van der Waals surface area (Å²) in [4.78, 5) is 0. The highest BCUT2D eigenvalue weighted by atomic mass is 32.1. The maximum absolute atomic E-state index is 5.76. The van der Waals surface area contributed by atoms with Gasteiger partial charge < -0.3 is 10.5 Å². The van der Waals surface area contributed by atoms with Crippen molar-refractivity contribution in [2.75, 3.05) is 7.11 Å². The minimum atomic E-state index is 0.273. The van der Waals surface area contributed by atoms with E-state index in [4.69, 9.17) is 10.5 Å². The van der Waals surface area contributed by atoms with Gasteiger partial charge >= 0.3 is 0 Å². The lowest BCUT2D eigenvalue weighted by molar-refractivity contribution is 0.0690. The molecule has 0 bridgehead atoms. The van der Waals surface area contributed by atoms with E-state index >= 15 is 0 Å². The molecular weight excluding hydrogens is 146 g/mol. The van der Waals surface area contributed by atoms with Gasteiger partial charge in [-0.25, -0.2) is 0 Å². The molecule has 0 heterocycles. The molecule has 10 heavy (non-hydrogen) atoms. The van der Waals surface area contributed by atoms with Gasteiger partial charge in [-0.15, -0.1) is 0 Å². The summed E-state index contributed by atoms with van der Waals surface area (Å²) in [7, 11) is 1.75. The van der Waals surface area contributed by atoms with Gasteiger partial charge in [0.05, 0.1) is 6.10 Å². The van der Waals surface area contributed by atoms with E-state index in [2.05, 4.69) is 12.6 Å². The molecule has 1 rings (SSSR count). The van der Waals surface area contributed by atoms with Gasteiger partial charge in [0.25, 0.3) is 0 Å². The highest BCUT2D eigenvalue weighted by Gasteiger charge is 2.24. The minimum Gasteiger partial charge on any atom is -0.381 e. The van der Waals surface area contributed by atoms with E-state index in [0.29, 0.717) is 11.4 Å². The molecule has 0 saturated heterocycles. The molecular formula is C7H15NOS. The molecule has 1 aliphatic carbocycles. The summed E-state index contributed by atoms with van der Waals surface area (Å²) in [5.41, 5.74) is 5.76. The molecule has 2 nitrogen and oxygen atoms in total. The summed E-state index contributed by atoms with van der Waals surface area (Å²) in [6, 6.07) is 0.273. The Kier molecular flexibility index (Phi) is 3.01. The van der Waals surface area contributed by atoms with Crippen LogP contribution >= 0.6 is 12.6 Å². The summed E-state index contributed by atoms with van der Waals surface area (Å²) in [6.45, 7) is 0. The van der Waals surface area contributed by atoms with Gasteiger partial charge in [0.2, 0.25) is 0 Å². The van der Waals surface area contributed by atoms with E-state index < -0.39 is 0 Å². The smallest absolute Gasteiger partial charge is 0.0583 e. The van der Waals surface area contributed by atoms with E-state index in [-0.39, 0.29) is 6.04 Å². The van der Waals surface area contributed by atoms with Crippen LogP contribution in [-0.4, -0.2) is 24.5 Å². The molecule has 0 radical (unpaired) electrons. The largest absolute Gasteiger partial charge is 0.381 e. The van der Waals surface area contributed by atoms with Crippen LogP contribution in [0.2, 0.25) is 0 Å². The number of hydrogen-bond acceptors (Lipinski definition) is 3. The number of methoxy groups -OCH3 is 1. The van der Waals surface area contributed by atoms with Crippen molar-refractivity contribution >= 4 is 12.6 Å². The summed E-state index contributed by atoms with van der Waals surface area (Å²) >= 11 is 4.36. The second-order valence-corrected chi connectivity index (χ2v) is 3.57. The number of thiol groups is 1. The molecule has 60 valence electrons. The van der Waals surface area contributed by atoms with Gasteiger partial charge in [-0.3, -0.25) is 0 Å². The van der Waals surface area contributed by atoms with E-state index in [1.807, 2.05) is 0 Å². The number of nitrogens with two attached hydrogens (primary N) is 1. The lowest BCUT2D eigenvalue weighted by Gasteiger charge is -2.30. The van der Waals surface area contributed by atoms with Crippen LogP contribution in [0.1, 0.15) is 19.3 Å². The molecule has 0 aromatic heterocycles. The van der Waals surface area contributed by atoms with E-state index in [1.165, 1.54) is 0 Å². The Morgan fingerprint density at radius 1 is 1.50 bits per heavy atom. The van der Waals surface area contributed by atoms with Crippen molar-refractivity contribution in [1.82, 2.24) is 0 Å². The highest BCUT2D eigenvalue weighted by Crippen LogP contribution is 2.23. The fourth-order valence-corrected chi connectivity index (χ4v) is 1.73. The Hall–Kier alpha value is 0.270. The first kappa shape index (κ1) is 8.37. The topological polar surface area (TPSA) is 35.2 Å². The van der Waals surface area contributed by atoms with Crippen LogP contribution in [0.25, 0.3) is 0 Å². The third-order valence-electron chi connectivity index (χ3n) is 2.15. The van der Waals surface area contributed by atoms with E-state index in [9.17, 15) is 0 Å². The van der Waals surface area contributed by atoms with Crippen LogP contribution < -0.4 is 5.73 Å². The summed E-state index contributed by atoms with van der Waals surface area (Å²) in [6.07, 6.45) is 3.53. The van der Waals surface area contributed by atoms with Gasteiger partial charge in [-0.05, 0) is 19.3 Å². The van der Waals surface area contributed by atoms with Crippen LogP contribution in [0, 0.1) is 0 Å². The SMILES string of the molecule is COC1CCC(N)C(S)C1. The van der Waals surface area contributed by atoms with Crippen LogP contribution in [0.5, 0.6) is 0 Å². The zero-order chi connectivity index (χ0) is 7.56. The van der Waals surface area contributed by atoms with E-state index in [0.717, 1.165) is 19.3 Å². The van der Waals surface area contributed by atoms with Gasteiger partial charge in [0.1, 0.15) is 0 Å². The van der Waals surface area contributed by atoms with Crippen molar-refractivity contribution in [2.24, 2.45) is 5.73 Å². The molecule has 1 fully saturated rings. The molecule has 0 aromatic carbocycles. The van der Waals surface area contributed by atoms with Crippen molar-refractivity contribution < 1.29 is 4.74 Å². The zero-order valence-electron chi connectivity index (χ0n) is 6.29. The minimum absolute atomic E-state index is 0.273. The Bertz CT molecular complexity index is 110. The monoisotopic (exact) mass is 161 g/mol. The first-order valence-electron chi connectivity index (χ1n) is 3.70. The average Bonchev–Trinajstić information content (AvgIpc) is 1.95. The Balaban J connectivity index is 2.33. The zero-order valence-corrected chi connectivity index (χ0v) is 7.18. The normalized spacial score (nSPS) is 41.7. The Morgan fingerprint density at radius 2 is 2.20 bits per heavy atom. The molecule has 0 aromatic rings. The first-order chi connectivity index (χ1) is 4.74. The maximum Gasteiger partial charge on any atom is 0.0583 e. The third-order valence-corrected chi connectivity index (χ3v) is 2.75. The number of rotatable bonds is 1. The fourth-order valence-electron chi connectivity index (χ4n) is 1.35. The van der Waals surface area contributed by atoms with Gasteiger partial charge in [0, 0.05) is 18.4 Å². The standard InChI is InChI=1S/C7H15NOS/c1-9-5-2-3-6(8)7(10)4-5/h5-7,10H,2-4,8H2,1H3. The molecule has 2 N–H and O–H groups in total. The lowest BCUT2D eigenvalue weighted by Crippen LogP contribution is -2.39. The average molecular weight is 161 g/mol. The molecule has 0 amide bonds. The van der Waals surface area contributed by atoms with Crippen molar-refractivity contribution in [3.8, 4) is 0 Å². The molecule has 3 heteroatoms. The molecule has 3 atom stereocenters. The van der Waals surface area contributed by atoms with Crippen molar-refractivity contribution in [2.45, 2.75) is 36.7 Å². The quantitative estimate of drug-likeness (QED) is 0.558.